The summed E-state index contributed by atoms with van der Waals surface area (Å²) in [6, 6.07) is 53.4. The largest absolute Gasteiger partial charge is 0.311 e. The van der Waals surface area contributed by atoms with Crippen molar-refractivity contribution in [2.45, 2.75) is 181 Å². The van der Waals surface area contributed by atoms with Gasteiger partial charge in [-0.1, -0.05) is 196 Å². The lowest BCUT2D eigenvalue weighted by Crippen LogP contribution is -2.62. The lowest BCUT2D eigenvalue weighted by atomic mass is 9.33. The van der Waals surface area contributed by atoms with Crippen LogP contribution in [0.3, 0.4) is 0 Å². The maximum Gasteiger partial charge on any atom is 0.252 e. The Hall–Kier alpha value is -5.80. The predicted molar refractivity (Wildman–Crippen MR) is 317 cm³/mol. The quantitative estimate of drug-likeness (QED) is 0.159. The third-order valence-corrected chi connectivity index (χ3v) is 18.7. The maximum atomic E-state index is 2.71. The molecule has 7 aromatic carbocycles. The molecule has 0 unspecified atom stereocenters. The second-order valence-electron chi connectivity index (χ2n) is 28.1. The molecular formula is C70H81BN2. The molecule has 0 N–H and O–H groups in total. The summed E-state index contributed by atoms with van der Waals surface area (Å²) in [5.41, 5.74) is 26.9. The third kappa shape index (κ3) is 7.96. The van der Waals surface area contributed by atoms with E-state index < -0.39 is 0 Å². The van der Waals surface area contributed by atoms with E-state index in [1.165, 1.54) is 137 Å². The van der Waals surface area contributed by atoms with Gasteiger partial charge in [0.2, 0.25) is 0 Å². The average molecular weight is 961 g/mol. The first kappa shape index (κ1) is 49.4. The second kappa shape index (κ2) is 16.4. The molecular weight excluding hydrogens is 880 g/mol. The van der Waals surface area contributed by atoms with Crippen LogP contribution in [0.25, 0.3) is 11.1 Å². The molecule has 7 aromatic rings. The van der Waals surface area contributed by atoms with E-state index in [1.54, 1.807) is 0 Å². The number of hydrogen-bond acceptors (Lipinski definition) is 2. The summed E-state index contributed by atoms with van der Waals surface area (Å²) in [5, 5.41) is 0. The van der Waals surface area contributed by atoms with Crippen molar-refractivity contribution >= 4 is 57.2 Å². The maximum absolute atomic E-state index is 2.71. The van der Waals surface area contributed by atoms with Crippen LogP contribution in [0.5, 0.6) is 0 Å². The first-order chi connectivity index (χ1) is 34.1. The summed E-state index contributed by atoms with van der Waals surface area (Å²) in [6.07, 6.45) is 4.71. The zero-order valence-corrected chi connectivity index (χ0v) is 47.5. The molecule has 0 saturated carbocycles. The molecule has 73 heavy (non-hydrogen) atoms. The Bertz CT molecular complexity index is 3350. The standard InChI is InChI=1S/C70H81BN2/c1-44-37-61-63-62(38-44)73(58-31-27-48(65(5,6)7)39-51(58)45-23-25-46(26-24-45)64(2,3)4)59-32-28-49(70(16,17)47-21-19-18-20-22-47)40-56(59)71(63)57-42-54-55(69(14,15)36-35-68(54,12)13)43-60(57)72(61)50-29-30-52-53(41-50)67(10,11)34-33-66(52,8)9/h18-32,37-43H,33-36H2,1-17H3. The highest BCUT2D eigenvalue weighted by molar-refractivity contribution is 7.00. The van der Waals surface area contributed by atoms with E-state index in [4.69, 9.17) is 0 Å². The molecule has 11 rings (SSSR count). The van der Waals surface area contributed by atoms with Gasteiger partial charge < -0.3 is 9.80 Å². The number of hydrogen-bond donors (Lipinski definition) is 0. The molecule has 0 fully saturated rings. The zero-order valence-electron chi connectivity index (χ0n) is 47.5. The van der Waals surface area contributed by atoms with E-state index in [0.717, 1.165) is 0 Å². The van der Waals surface area contributed by atoms with Crippen molar-refractivity contribution < 1.29 is 0 Å². The summed E-state index contributed by atoms with van der Waals surface area (Å²) in [6.45, 7) is 41.0. The normalized spacial score (nSPS) is 18.1. The number of rotatable bonds is 5. The Morgan fingerprint density at radius 2 is 0.904 bits per heavy atom. The average Bonchev–Trinajstić information content (AvgIpc) is 3.33. The van der Waals surface area contributed by atoms with Gasteiger partial charge in [0.1, 0.15) is 0 Å². The Labute approximate surface area is 440 Å². The molecule has 374 valence electrons. The molecule has 2 aliphatic carbocycles. The lowest BCUT2D eigenvalue weighted by Gasteiger charge is -2.48. The van der Waals surface area contributed by atoms with Gasteiger partial charge in [-0.15, -0.1) is 0 Å². The molecule has 4 aliphatic rings. The minimum absolute atomic E-state index is 0.00266. The molecule has 2 heterocycles. The van der Waals surface area contributed by atoms with Crippen molar-refractivity contribution in [1.82, 2.24) is 0 Å². The number of nitrogens with zero attached hydrogens (tertiary/aromatic N) is 2. The Kier molecular flexibility index (Phi) is 11.1. The van der Waals surface area contributed by atoms with Crippen LogP contribution in [0.1, 0.15) is 187 Å². The van der Waals surface area contributed by atoms with E-state index in [1.807, 2.05) is 0 Å². The first-order valence-electron chi connectivity index (χ1n) is 27.6. The van der Waals surface area contributed by atoms with Gasteiger partial charge in [-0.2, -0.15) is 0 Å². The molecule has 0 radical (unpaired) electrons. The summed E-state index contributed by atoms with van der Waals surface area (Å²) in [5.74, 6) is 0. The third-order valence-electron chi connectivity index (χ3n) is 18.7. The number of benzene rings is 7. The van der Waals surface area contributed by atoms with E-state index in [0.29, 0.717) is 0 Å². The van der Waals surface area contributed by atoms with Crippen LogP contribution in [0.4, 0.5) is 34.1 Å². The fraction of sp³-hybridized carbons (Fsp3) is 0.400. The molecule has 2 nitrogen and oxygen atoms in total. The number of anilines is 6. The SMILES string of the molecule is Cc1cc2c3c(c1)N(c1ccc(C(C)(C)C)cc1-c1ccc(C(C)(C)C)cc1)c1ccc(C(C)(C)c4ccccc4)cc1B3c1cc3c(cc1N2c1ccc2c(c1)C(C)(C)CCC2(C)C)C(C)(C)CCC3(C)C. The Morgan fingerprint density at radius 3 is 1.51 bits per heavy atom. The molecule has 0 bridgehead atoms. The van der Waals surface area contributed by atoms with Crippen LogP contribution in [-0.2, 0) is 37.9 Å². The van der Waals surface area contributed by atoms with Gasteiger partial charge in [0, 0.05) is 39.4 Å². The lowest BCUT2D eigenvalue weighted by molar-refractivity contribution is 0.332. The van der Waals surface area contributed by atoms with Crippen molar-refractivity contribution in [3.63, 3.8) is 0 Å². The van der Waals surface area contributed by atoms with Crippen molar-refractivity contribution in [2.24, 2.45) is 0 Å². The van der Waals surface area contributed by atoms with Crippen LogP contribution in [0, 0.1) is 6.92 Å². The fourth-order valence-electron chi connectivity index (χ4n) is 13.4. The van der Waals surface area contributed by atoms with Crippen molar-refractivity contribution in [2.75, 3.05) is 9.80 Å². The minimum atomic E-state index is -0.235. The zero-order chi connectivity index (χ0) is 52.2. The van der Waals surface area contributed by atoms with Gasteiger partial charge >= 0.3 is 0 Å². The summed E-state index contributed by atoms with van der Waals surface area (Å²) in [4.78, 5) is 5.38. The van der Waals surface area contributed by atoms with Crippen LogP contribution in [0.15, 0.2) is 133 Å². The molecule has 0 atom stereocenters. The predicted octanol–water partition coefficient (Wildman–Crippen LogP) is 17.4. The monoisotopic (exact) mass is 961 g/mol. The van der Waals surface area contributed by atoms with Crippen LogP contribution in [-0.4, -0.2) is 6.71 Å². The summed E-state index contributed by atoms with van der Waals surface area (Å²) in [7, 11) is 0. The smallest absolute Gasteiger partial charge is 0.252 e. The van der Waals surface area contributed by atoms with Gasteiger partial charge in [-0.3, -0.25) is 0 Å². The van der Waals surface area contributed by atoms with E-state index >= 15 is 0 Å². The molecule has 2 aliphatic heterocycles. The van der Waals surface area contributed by atoms with Crippen molar-refractivity contribution in [3.8, 4) is 11.1 Å². The van der Waals surface area contributed by atoms with Gasteiger partial charge in [-0.05, 0) is 186 Å². The molecule has 0 aromatic heterocycles. The highest BCUT2D eigenvalue weighted by Crippen LogP contribution is 2.54. The highest BCUT2D eigenvalue weighted by Gasteiger charge is 2.48. The van der Waals surface area contributed by atoms with Gasteiger partial charge in [0.15, 0.2) is 0 Å². The highest BCUT2D eigenvalue weighted by atomic mass is 15.2. The number of fused-ring (bicyclic) bond motifs is 6. The van der Waals surface area contributed by atoms with Crippen molar-refractivity contribution in [3.05, 3.63) is 184 Å². The van der Waals surface area contributed by atoms with Crippen LogP contribution in [0.2, 0.25) is 0 Å². The Balaban J connectivity index is 1.26. The molecule has 3 heteroatoms. The van der Waals surface area contributed by atoms with Gasteiger partial charge in [0.25, 0.3) is 6.71 Å². The summed E-state index contributed by atoms with van der Waals surface area (Å²) < 4.78 is 0. The molecule has 0 spiro atoms. The number of aryl methyl sites for hydroxylation is 1. The van der Waals surface area contributed by atoms with Gasteiger partial charge in [-0.25, -0.2) is 0 Å². The summed E-state index contributed by atoms with van der Waals surface area (Å²) >= 11 is 0. The topological polar surface area (TPSA) is 6.48 Å². The van der Waals surface area contributed by atoms with Crippen molar-refractivity contribution in [1.29, 1.82) is 0 Å². The second-order valence-corrected chi connectivity index (χ2v) is 28.1. The molecule has 0 saturated heterocycles. The van der Waals surface area contributed by atoms with E-state index in [9.17, 15) is 0 Å². The van der Waals surface area contributed by atoms with E-state index in [2.05, 4.69) is 261 Å². The van der Waals surface area contributed by atoms with Crippen LogP contribution < -0.4 is 26.2 Å². The minimum Gasteiger partial charge on any atom is -0.311 e. The van der Waals surface area contributed by atoms with Gasteiger partial charge in [0.05, 0.1) is 5.69 Å². The van der Waals surface area contributed by atoms with Crippen LogP contribution >= 0.6 is 0 Å². The fourth-order valence-corrected chi connectivity index (χ4v) is 13.4. The Morgan fingerprint density at radius 1 is 0.397 bits per heavy atom. The van der Waals surface area contributed by atoms with E-state index in [-0.39, 0.29) is 44.6 Å². The first-order valence-corrected chi connectivity index (χ1v) is 27.6. The molecule has 0 amide bonds.